The topological polar surface area (TPSA) is 128 Å². The molecule has 0 unspecified atom stereocenters. The zero-order valence-corrected chi connectivity index (χ0v) is 18.9. The number of phenolic OH excluding ortho intramolecular Hbond substituents is 1. The number of hydrogen-bond donors (Lipinski definition) is 5. The molecule has 1 saturated carbocycles. The fourth-order valence-electron chi connectivity index (χ4n) is 5.08. The highest BCUT2D eigenvalue weighted by Gasteiger charge is 2.36. The van der Waals surface area contributed by atoms with Crippen molar-refractivity contribution in [1.29, 1.82) is 0 Å². The van der Waals surface area contributed by atoms with Gasteiger partial charge in [0.05, 0.1) is 11.3 Å². The average Bonchev–Trinajstić information content (AvgIpc) is 2.73. The summed E-state index contributed by atoms with van der Waals surface area (Å²) in [4.78, 5) is 7.11. The maximum atomic E-state index is 11.3. The first kappa shape index (κ1) is 22.8. The Morgan fingerprint density at radius 1 is 1.00 bits per heavy atom. The van der Waals surface area contributed by atoms with Crippen LogP contribution in [0.2, 0.25) is 0 Å². The second-order valence-electron chi connectivity index (χ2n) is 9.57. The van der Waals surface area contributed by atoms with Gasteiger partial charge in [-0.3, -0.25) is 9.80 Å². The van der Waals surface area contributed by atoms with E-state index in [1.54, 1.807) is 24.3 Å². The standard InChI is InChI=1S/C24H38N6O2/c25-20(19-6-1-2-7-22(19)31)16-21(23(26)27)30-10-8-24(32,9-11-30)17-28-12-14-29(15-13-28)18-4-3-5-18/h1-2,6-7,16,18,31-32H,3-5,8-15,17,25-27H2/b20-16-. The normalized spacial score (nSPS) is 23.0. The van der Waals surface area contributed by atoms with E-state index in [0.29, 0.717) is 49.4 Å². The Bertz CT molecular complexity index is 846. The van der Waals surface area contributed by atoms with Gasteiger partial charge in [-0.05, 0) is 43.9 Å². The summed E-state index contributed by atoms with van der Waals surface area (Å²) < 4.78 is 0. The number of rotatable bonds is 6. The molecule has 176 valence electrons. The number of allylic oxidation sites excluding steroid dienone is 1. The summed E-state index contributed by atoms with van der Waals surface area (Å²) in [6.45, 7) is 6.30. The average molecular weight is 443 g/mol. The molecular weight excluding hydrogens is 404 g/mol. The zero-order chi connectivity index (χ0) is 22.7. The van der Waals surface area contributed by atoms with Crippen LogP contribution < -0.4 is 17.2 Å². The van der Waals surface area contributed by atoms with Gasteiger partial charge < -0.3 is 32.3 Å². The van der Waals surface area contributed by atoms with Crippen molar-refractivity contribution in [3.8, 4) is 5.75 Å². The van der Waals surface area contributed by atoms with Crippen LogP contribution in [0, 0.1) is 0 Å². The molecule has 32 heavy (non-hydrogen) atoms. The van der Waals surface area contributed by atoms with Crippen LogP contribution in [0.25, 0.3) is 5.70 Å². The van der Waals surface area contributed by atoms with E-state index in [-0.39, 0.29) is 11.6 Å². The second-order valence-corrected chi connectivity index (χ2v) is 9.57. The summed E-state index contributed by atoms with van der Waals surface area (Å²) in [6.07, 6.45) is 7.09. The lowest BCUT2D eigenvalue weighted by Crippen LogP contribution is -2.57. The van der Waals surface area contributed by atoms with Crippen molar-refractivity contribution in [2.24, 2.45) is 17.2 Å². The first-order chi connectivity index (χ1) is 15.3. The molecule has 2 heterocycles. The van der Waals surface area contributed by atoms with Gasteiger partial charge in [0.2, 0.25) is 0 Å². The van der Waals surface area contributed by atoms with E-state index < -0.39 is 5.60 Å². The van der Waals surface area contributed by atoms with Gasteiger partial charge in [-0.15, -0.1) is 0 Å². The smallest absolute Gasteiger partial charge is 0.124 e. The van der Waals surface area contributed by atoms with Crippen LogP contribution in [0.15, 0.2) is 41.9 Å². The summed E-state index contributed by atoms with van der Waals surface area (Å²) in [5.41, 5.74) is 19.1. The highest BCUT2D eigenvalue weighted by Crippen LogP contribution is 2.30. The molecule has 4 rings (SSSR count). The Labute approximate surface area is 190 Å². The van der Waals surface area contributed by atoms with Gasteiger partial charge in [0.15, 0.2) is 0 Å². The Hall–Kier alpha value is -2.42. The van der Waals surface area contributed by atoms with Crippen molar-refractivity contribution in [1.82, 2.24) is 14.7 Å². The Balaban J connectivity index is 1.33. The van der Waals surface area contributed by atoms with Crippen LogP contribution in [0.3, 0.4) is 0 Å². The van der Waals surface area contributed by atoms with E-state index in [1.807, 2.05) is 6.07 Å². The zero-order valence-electron chi connectivity index (χ0n) is 18.9. The molecule has 0 atom stereocenters. The van der Waals surface area contributed by atoms with Crippen molar-refractivity contribution in [2.45, 2.75) is 43.7 Å². The maximum absolute atomic E-state index is 11.3. The predicted molar refractivity (Wildman–Crippen MR) is 127 cm³/mol. The molecule has 0 amide bonds. The van der Waals surface area contributed by atoms with Gasteiger partial charge in [0, 0.05) is 63.1 Å². The van der Waals surface area contributed by atoms with Crippen LogP contribution in [0.1, 0.15) is 37.7 Å². The monoisotopic (exact) mass is 442 g/mol. The van der Waals surface area contributed by atoms with E-state index in [0.717, 1.165) is 32.2 Å². The highest BCUT2D eigenvalue weighted by molar-refractivity contribution is 5.69. The molecule has 0 spiro atoms. The van der Waals surface area contributed by atoms with Crippen LogP contribution in [0.5, 0.6) is 5.75 Å². The minimum absolute atomic E-state index is 0.113. The highest BCUT2D eigenvalue weighted by atomic mass is 16.3. The number of phenols is 1. The Kier molecular flexibility index (Phi) is 6.83. The van der Waals surface area contributed by atoms with Crippen molar-refractivity contribution >= 4 is 5.70 Å². The van der Waals surface area contributed by atoms with E-state index in [2.05, 4.69) is 14.7 Å². The number of benzene rings is 1. The minimum atomic E-state index is -0.698. The lowest BCUT2D eigenvalue weighted by molar-refractivity contribution is -0.0514. The number of nitrogens with two attached hydrogens (primary N) is 3. The first-order valence-corrected chi connectivity index (χ1v) is 11.8. The summed E-state index contributed by atoms with van der Waals surface area (Å²) in [6, 6.07) is 7.72. The van der Waals surface area contributed by atoms with Crippen molar-refractivity contribution in [2.75, 3.05) is 45.8 Å². The Morgan fingerprint density at radius 2 is 1.66 bits per heavy atom. The summed E-state index contributed by atoms with van der Waals surface area (Å²) in [5.74, 6) is 0.294. The third kappa shape index (κ3) is 5.14. The number of nitrogens with zero attached hydrogens (tertiary/aromatic N) is 3. The number of hydrogen-bond acceptors (Lipinski definition) is 8. The number of aliphatic hydroxyl groups is 1. The van der Waals surface area contributed by atoms with Gasteiger partial charge in [0.1, 0.15) is 11.6 Å². The molecule has 8 nitrogen and oxygen atoms in total. The molecule has 8 heteroatoms. The van der Waals surface area contributed by atoms with Crippen LogP contribution in [-0.4, -0.2) is 82.4 Å². The fourth-order valence-corrected chi connectivity index (χ4v) is 5.08. The second kappa shape index (κ2) is 9.60. The third-order valence-electron chi connectivity index (χ3n) is 7.35. The molecule has 0 bridgehead atoms. The van der Waals surface area contributed by atoms with E-state index in [9.17, 15) is 10.2 Å². The molecule has 8 N–H and O–H groups in total. The Morgan fingerprint density at radius 3 is 2.22 bits per heavy atom. The van der Waals surface area contributed by atoms with E-state index in [1.165, 1.54) is 19.3 Å². The molecule has 1 aliphatic carbocycles. The number of β-amino-alcohol motifs (C(OH)–C–C–N with tert-alkyl or cyclic N) is 1. The largest absolute Gasteiger partial charge is 0.507 e. The van der Waals surface area contributed by atoms with Gasteiger partial charge in [0.25, 0.3) is 0 Å². The maximum Gasteiger partial charge on any atom is 0.124 e. The molecule has 0 radical (unpaired) electrons. The van der Waals surface area contributed by atoms with Gasteiger partial charge >= 0.3 is 0 Å². The minimum Gasteiger partial charge on any atom is -0.507 e. The molecule has 3 aliphatic rings. The summed E-state index contributed by atoms with van der Waals surface area (Å²) in [7, 11) is 0. The summed E-state index contributed by atoms with van der Waals surface area (Å²) >= 11 is 0. The molecule has 1 aromatic rings. The molecule has 2 saturated heterocycles. The number of aromatic hydroxyl groups is 1. The third-order valence-corrected chi connectivity index (χ3v) is 7.35. The predicted octanol–water partition coefficient (Wildman–Crippen LogP) is 0.775. The number of piperazine rings is 1. The molecule has 2 aliphatic heterocycles. The summed E-state index contributed by atoms with van der Waals surface area (Å²) in [5, 5.41) is 21.3. The van der Waals surface area contributed by atoms with Crippen molar-refractivity contribution < 1.29 is 10.2 Å². The van der Waals surface area contributed by atoms with E-state index in [4.69, 9.17) is 17.2 Å². The van der Waals surface area contributed by atoms with E-state index >= 15 is 0 Å². The van der Waals surface area contributed by atoms with Crippen molar-refractivity contribution in [3.63, 3.8) is 0 Å². The number of piperidine rings is 1. The van der Waals surface area contributed by atoms with Gasteiger partial charge in [-0.1, -0.05) is 18.6 Å². The molecular formula is C24H38N6O2. The van der Waals surface area contributed by atoms with Gasteiger partial charge in [-0.25, -0.2) is 0 Å². The van der Waals surface area contributed by atoms with Crippen LogP contribution in [0.4, 0.5) is 0 Å². The van der Waals surface area contributed by atoms with Gasteiger partial charge in [-0.2, -0.15) is 0 Å². The van der Waals surface area contributed by atoms with Crippen LogP contribution in [-0.2, 0) is 0 Å². The SMILES string of the molecule is NC(N)=C(/C=C(\N)c1ccccc1O)N1CCC(O)(CN2CCN(C3CCC3)CC2)CC1. The number of para-hydroxylation sites is 1. The molecule has 1 aromatic carbocycles. The fraction of sp³-hybridized carbons (Fsp3) is 0.583. The van der Waals surface area contributed by atoms with Crippen molar-refractivity contribution in [3.05, 3.63) is 47.4 Å². The lowest BCUT2D eigenvalue weighted by atomic mass is 9.89. The quantitative estimate of drug-likeness (QED) is 0.409. The molecule has 0 aromatic heterocycles. The molecule has 3 fully saturated rings. The van der Waals surface area contributed by atoms with Crippen LogP contribution >= 0.6 is 0 Å². The first-order valence-electron chi connectivity index (χ1n) is 11.8. The number of likely N-dealkylation sites (tertiary alicyclic amines) is 1. The lowest BCUT2D eigenvalue weighted by Gasteiger charge is -2.46.